The third-order valence-electron chi connectivity index (χ3n) is 1.58. The van der Waals surface area contributed by atoms with Gasteiger partial charge >= 0.3 is 0 Å². The van der Waals surface area contributed by atoms with Gasteiger partial charge in [-0.25, -0.2) is 4.98 Å². The third-order valence-corrected chi connectivity index (χ3v) is 3.02. The first-order valence-electron chi connectivity index (χ1n) is 4.60. The first-order chi connectivity index (χ1) is 7.76. The maximum atomic E-state index is 11.4. The summed E-state index contributed by atoms with van der Waals surface area (Å²) in [6, 6.07) is 0. The van der Waals surface area contributed by atoms with E-state index < -0.39 is 0 Å². The van der Waals surface area contributed by atoms with Crippen LogP contribution in [0.25, 0.3) is 0 Å². The Labute approximate surface area is 102 Å². The highest BCUT2D eigenvalue weighted by Crippen LogP contribution is 2.17. The van der Waals surface area contributed by atoms with Crippen LogP contribution in [0, 0.1) is 11.8 Å². The highest BCUT2D eigenvalue weighted by Gasteiger charge is 2.04. The van der Waals surface area contributed by atoms with Crippen LogP contribution in [0.3, 0.4) is 0 Å². The molecule has 0 aliphatic heterocycles. The van der Waals surface area contributed by atoms with Crippen molar-refractivity contribution in [3.8, 4) is 11.8 Å². The molecular weight excluding hydrogens is 244 g/mol. The van der Waals surface area contributed by atoms with Gasteiger partial charge in [0.15, 0.2) is 5.13 Å². The lowest BCUT2D eigenvalue weighted by atomic mass is 10.5. The normalized spacial score (nSPS) is 9.38. The smallest absolute Gasteiger partial charge is 0.226 e. The minimum absolute atomic E-state index is 0.0367. The molecule has 0 aromatic carbocycles. The highest BCUT2D eigenvalue weighted by molar-refractivity contribution is 7.98. The van der Waals surface area contributed by atoms with Crippen molar-refractivity contribution in [1.29, 1.82) is 0 Å². The number of nitrogens with one attached hydrogen (secondary N) is 1. The summed E-state index contributed by atoms with van der Waals surface area (Å²) < 4.78 is 0. The van der Waals surface area contributed by atoms with Crippen molar-refractivity contribution in [1.82, 2.24) is 4.98 Å². The molecule has 0 bridgehead atoms. The maximum Gasteiger partial charge on any atom is 0.226 e. The van der Waals surface area contributed by atoms with Crippen LogP contribution in [0.4, 0.5) is 5.13 Å². The molecule has 4 nitrogen and oxygen atoms in total. The molecule has 1 amide bonds. The zero-order valence-corrected chi connectivity index (χ0v) is 10.5. The summed E-state index contributed by atoms with van der Waals surface area (Å²) in [7, 11) is 0. The minimum atomic E-state index is -0.173. The number of hydrogen-bond donors (Lipinski definition) is 2. The quantitative estimate of drug-likeness (QED) is 0.794. The number of carbonyl (C=O) groups is 1. The van der Waals surface area contributed by atoms with Gasteiger partial charge in [-0.3, -0.25) is 4.79 Å². The molecule has 6 heteroatoms. The number of thioether (sulfide) groups is 1. The molecule has 0 fully saturated rings. The number of aliphatic hydroxyl groups excluding tert-OH is 1. The average molecular weight is 256 g/mol. The molecular formula is C10H12N2O2S2. The van der Waals surface area contributed by atoms with Crippen LogP contribution in [0.15, 0.2) is 6.20 Å². The van der Waals surface area contributed by atoms with E-state index in [4.69, 9.17) is 5.11 Å². The molecule has 1 rings (SSSR count). The van der Waals surface area contributed by atoms with E-state index in [0.29, 0.717) is 11.6 Å². The Hall–Kier alpha value is -1.03. The molecule has 0 atom stereocenters. The number of amides is 1. The Bertz CT molecular complexity index is 406. The van der Waals surface area contributed by atoms with Gasteiger partial charge in [-0.2, -0.15) is 11.8 Å². The van der Waals surface area contributed by atoms with E-state index in [1.165, 1.54) is 11.3 Å². The SMILES string of the molecule is CSCCC(=O)Nc1ncc(C#CCO)s1. The Morgan fingerprint density at radius 3 is 3.25 bits per heavy atom. The fourth-order valence-electron chi connectivity index (χ4n) is 0.893. The van der Waals surface area contributed by atoms with E-state index in [2.05, 4.69) is 22.1 Å². The largest absolute Gasteiger partial charge is 0.384 e. The summed E-state index contributed by atoms with van der Waals surface area (Å²) in [5, 5.41) is 11.8. The van der Waals surface area contributed by atoms with Gasteiger partial charge in [0.25, 0.3) is 0 Å². The number of aromatic nitrogens is 1. The van der Waals surface area contributed by atoms with Crippen molar-refractivity contribution >= 4 is 34.1 Å². The first-order valence-corrected chi connectivity index (χ1v) is 6.81. The molecule has 2 N–H and O–H groups in total. The second-order valence-electron chi connectivity index (χ2n) is 2.78. The van der Waals surface area contributed by atoms with Gasteiger partial charge in [-0.15, -0.1) is 0 Å². The van der Waals surface area contributed by atoms with Crippen LogP contribution < -0.4 is 5.32 Å². The monoisotopic (exact) mass is 256 g/mol. The van der Waals surface area contributed by atoms with Gasteiger partial charge in [-0.1, -0.05) is 23.2 Å². The molecule has 0 saturated carbocycles. The Morgan fingerprint density at radius 1 is 1.75 bits per heavy atom. The predicted octanol–water partition coefficient (Wildman–Crippen LogP) is 1.18. The molecule has 1 aromatic rings. The zero-order valence-electron chi connectivity index (χ0n) is 8.82. The summed E-state index contributed by atoms with van der Waals surface area (Å²) in [6.07, 6.45) is 4.02. The Balaban J connectivity index is 2.48. The maximum absolute atomic E-state index is 11.4. The molecule has 1 aromatic heterocycles. The third kappa shape index (κ3) is 4.66. The van der Waals surface area contributed by atoms with Crippen molar-refractivity contribution in [2.45, 2.75) is 6.42 Å². The van der Waals surface area contributed by atoms with E-state index in [0.717, 1.165) is 10.6 Å². The topological polar surface area (TPSA) is 62.2 Å². The molecule has 86 valence electrons. The molecule has 0 aliphatic rings. The number of carbonyl (C=O) groups excluding carboxylic acids is 1. The highest BCUT2D eigenvalue weighted by atomic mass is 32.2. The molecule has 16 heavy (non-hydrogen) atoms. The summed E-state index contributed by atoms with van der Waals surface area (Å²) in [6.45, 7) is -0.173. The number of aliphatic hydroxyl groups is 1. The van der Waals surface area contributed by atoms with Crippen molar-refractivity contribution in [2.24, 2.45) is 0 Å². The van der Waals surface area contributed by atoms with Gasteiger partial charge in [0.05, 0.1) is 11.1 Å². The second-order valence-corrected chi connectivity index (χ2v) is 4.80. The summed E-state index contributed by atoms with van der Waals surface area (Å²) in [5.74, 6) is 6.02. The molecule has 1 heterocycles. The van der Waals surface area contributed by atoms with Gasteiger partial charge < -0.3 is 10.4 Å². The lowest BCUT2D eigenvalue weighted by Crippen LogP contribution is -2.11. The van der Waals surface area contributed by atoms with E-state index in [-0.39, 0.29) is 12.5 Å². The number of rotatable bonds is 4. The Morgan fingerprint density at radius 2 is 2.56 bits per heavy atom. The van der Waals surface area contributed by atoms with Crippen molar-refractivity contribution in [3.63, 3.8) is 0 Å². The van der Waals surface area contributed by atoms with Gasteiger partial charge in [-0.05, 0) is 6.26 Å². The molecule has 0 radical (unpaired) electrons. The van der Waals surface area contributed by atoms with Crippen LogP contribution >= 0.6 is 23.1 Å². The lowest BCUT2D eigenvalue weighted by molar-refractivity contribution is -0.115. The van der Waals surface area contributed by atoms with E-state index in [9.17, 15) is 4.79 Å². The summed E-state index contributed by atoms with van der Waals surface area (Å²) >= 11 is 2.93. The van der Waals surface area contributed by atoms with Crippen LogP contribution in [0.5, 0.6) is 0 Å². The standard InChI is InChI=1S/C10H12N2O2S2/c1-15-6-4-9(14)12-10-11-7-8(16-10)3-2-5-13/h7,13H,4-6H2,1H3,(H,11,12,14). The van der Waals surface area contributed by atoms with E-state index in [1.807, 2.05) is 6.26 Å². The fraction of sp³-hybridized carbons (Fsp3) is 0.400. The van der Waals surface area contributed by atoms with Crippen LogP contribution in [0.1, 0.15) is 11.3 Å². The van der Waals surface area contributed by atoms with E-state index >= 15 is 0 Å². The van der Waals surface area contributed by atoms with Gasteiger partial charge in [0, 0.05) is 12.2 Å². The van der Waals surface area contributed by atoms with Crippen molar-refractivity contribution in [2.75, 3.05) is 23.9 Å². The summed E-state index contributed by atoms with van der Waals surface area (Å²) in [5.41, 5.74) is 0. The summed E-state index contributed by atoms with van der Waals surface area (Å²) in [4.78, 5) is 16.1. The first kappa shape index (κ1) is 13.0. The molecule has 0 unspecified atom stereocenters. The van der Waals surface area contributed by atoms with Crippen LogP contribution in [-0.2, 0) is 4.79 Å². The minimum Gasteiger partial charge on any atom is -0.384 e. The van der Waals surface area contributed by atoms with Crippen LogP contribution in [-0.4, -0.2) is 34.6 Å². The fourth-order valence-corrected chi connectivity index (χ4v) is 1.99. The lowest BCUT2D eigenvalue weighted by Gasteiger charge is -1.98. The zero-order chi connectivity index (χ0) is 11.8. The van der Waals surface area contributed by atoms with E-state index in [1.54, 1.807) is 18.0 Å². The molecule has 0 spiro atoms. The number of thiazole rings is 1. The molecule has 0 saturated heterocycles. The van der Waals surface area contributed by atoms with Crippen molar-refractivity contribution < 1.29 is 9.90 Å². The number of anilines is 1. The molecule has 0 aliphatic carbocycles. The van der Waals surface area contributed by atoms with Crippen LogP contribution in [0.2, 0.25) is 0 Å². The average Bonchev–Trinajstić information content (AvgIpc) is 2.71. The van der Waals surface area contributed by atoms with Gasteiger partial charge in [0.2, 0.25) is 5.91 Å². The second kappa shape index (κ2) is 7.28. The van der Waals surface area contributed by atoms with Gasteiger partial charge in [0.1, 0.15) is 6.61 Å². The number of hydrogen-bond acceptors (Lipinski definition) is 5. The Kier molecular flexibility index (Phi) is 5.93. The predicted molar refractivity (Wildman–Crippen MR) is 67.7 cm³/mol. The number of nitrogens with zero attached hydrogens (tertiary/aromatic N) is 1. The van der Waals surface area contributed by atoms with Crippen molar-refractivity contribution in [3.05, 3.63) is 11.1 Å².